The van der Waals surface area contributed by atoms with Crippen molar-refractivity contribution >= 4 is 29.0 Å². The van der Waals surface area contributed by atoms with Crippen LogP contribution in [-0.4, -0.2) is 14.6 Å². The fraction of sp³-hybridized carbons (Fsp3) is 0.250. The monoisotopic (exact) mass is 421 g/mol. The maximum atomic E-state index is 6.10. The minimum Gasteiger partial charge on any atom is -0.232 e. The number of aryl methyl sites for hydroxylation is 1. The van der Waals surface area contributed by atoms with Crippen LogP contribution in [-0.2, 0) is 11.2 Å². The normalized spacial score (nSPS) is 11.9. The SMILES string of the molecule is Cc1nn2c(SCc3ccccc3)cc(C(C)(C)C)nc2c1-c1ccc(Cl)cc1. The molecule has 0 spiro atoms. The van der Waals surface area contributed by atoms with Crippen molar-refractivity contribution in [3.05, 3.63) is 82.6 Å². The third-order valence-corrected chi connectivity index (χ3v) is 6.18. The molecule has 0 aliphatic heterocycles. The third-order valence-electron chi connectivity index (χ3n) is 4.86. The molecule has 2 aromatic heterocycles. The molecule has 0 atom stereocenters. The lowest BCUT2D eigenvalue weighted by Crippen LogP contribution is -2.15. The zero-order valence-corrected chi connectivity index (χ0v) is 18.7. The van der Waals surface area contributed by atoms with Crippen LogP contribution in [0.4, 0.5) is 0 Å². The molecule has 0 aliphatic rings. The molecule has 0 amide bonds. The van der Waals surface area contributed by atoms with Gasteiger partial charge in [0.2, 0.25) is 0 Å². The summed E-state index contributed by atoms with van der Waals surface area (Å²) in [7, 11) is 0. The summed E-state index contributed by atoms with van der Waals surface area (Å²) < 4.78 is 1.99. The molecular formula is C24H24ClN3S. The Kier molecular flexibility index (Phi) is 5.41. The summed E-state index contributed by atoms with van der Waals surface area (Å²) in [5.41, 5.74) is 6.31. The van der Waals surface area contributed by atoms with E-state index in [4.69, 9.17) is 21.7 Å². The summed E-state index contributed by atoms with van der Waals surface area (Å²) in [6.45, 7) is 8.63. The van der Waals surface area contributed by atoms with Crippen molar-refractivity contribution in [2.24, 2.45) is 0 Å². The van der Waals surface area contributed by atoms with Crippen LogP contribution in [0.3, 0.4) is 0 Å². The van der Waals surface area contributed by atoms with Gasteiger partial charge in [-0.2, -0.15) is 5.10 Å². The standard InChI is InChI=1S/C24H24ClN3S/c1-16-22(18-10-12-19(25)13-11-18)23-26-20(24(2,3)4)14-21(28(23)27-16)29-15-17-8-6-5-7-9-17/h5-14H,15H2,1-4H3. The second-order valence-corrected chi connectivity index (χ2v) is 9.64. The van der Waals surface area contributed by atoms with E-state index >= 15 is 0 Å². The van der Waals surface area contributed by atoms with Crippen LogP contribution in [0.25, 0.3) is 16.8 Å². The molecule has 4 rings (SSSR count). The number of halogens is 1. The lowest BCUT2D eigenvalue weighted by atomic mass is 9.92. The summed E-state index contributed by atoms with van der Waals surface area (Å²) in [6.07, 6.45) is 0. The number of benzene rings is 2. The van der Waals surface area contributed by atoms with E-state index in [-0.39, 0.29) is 5.41 Å². The van der Waals surface area contributed by atoms with Gasteiger partial charge < -0.3 is 0 Å². The molecule has 0 aliphatic carbocycles. The number of fused-ring (bicyclic) bond motifs is 1. The van der Waals surface area contributed by atoms with Crippen molar-refractivity contribution in [2.75, 3.05) is 0 Å². The highest BCUT2D eigenvalue weighted by atomic mass is 35.5. The first kappa shape index (κ1) is 20.0. The molecule has 2 heterocycles. The van der Waals surface area contributed by atoms with E-state index in [9.17, 15) is 0 Å². The van der Waals surface area contributed by atoms with Crippen LogP contribution in [0.2, 0.25) is 5.02 Å². The van der Waals surface area contributed by atoms with Gasteiger partial charge in [-0.1, -0.05) is 74.8 Å². The number of aromatic nitrogens is 3. The maximum absolute atomic E-state index is 6.10. The van der Waals surface area contributed by atoms with E-state index in [0.29, 0.717) is 0 Å². The first-order valence-electron chi connectivity index (χ1n) is 9.66. The highest BCUT2D eigenvalue weighted by Crippen LogP contribution is 2.34. The Balaban J connectivity index is 1.86. The van der Waals surface area contributed by atoms with Crippen molar-refractivity contribution < 1.29 is 0 Å². The van der Waals surface area contributed by atoms with Crippen molar-refractivity contribution in [2.45, 2.75) is 43.9 Å². The molecule has 0 fully saturated rings. The predicted molar refractivity (Wildman–Crippen MR) is 123 cm³/mol. The largest absolute Gasteiger partial charge is 0.232 e. The number of nitrogens with zero attached hydrogens (tertiary/aromatic N) is 3. The molecule has 0 unspecified atom stereocenters. The number of thioether (sulfide) groups is 1. The summed E-state index contributed by atoms with van der Waals surface area (Å²) in [4.78, 5) is 5.04. The molecule has 2 aromatic carbocycles. The Hall–Kier alpha value is -2.30. The molecular weight excluding hydrogens is 398 g/mol. The number of rotatable bonds is 4. The Morgan fingerprint density at radius 3 is 2.34 bits per heavy atom. The van der Waals surface area contributed by atoms with E-state index in [2.05, 4.69) is 51.1 Å². The fourth-order valence-corrected chi connectivity index (χ4v) is 4.35. The van der Waals surface area contributed by atoms with E-state index in [0.717, 1.165) is 44.0 Å². The van der Waals surface area contributed by atoms with Crippen molar-refractivity contribution in [3.8, 4) is 11.1 Å². The third kappa shape index (κ3) is 4.19. The highest BCUT2D eigenvalue weighted by Gasteiger charge is 2.22. The number of hydrogen-bond acceptors (Lipinski definition) is 3. The lowest BCUT2D eigenvalue weighted by Gasteiger charge is -2.19. The zero-order valence-electron chi connectivity index (χ0n) is 17.1. The van der Waals surface area contributed by atoms with Gasteiger partial charge in [-0.25, -0.2) is 9.50 Å². The summed E-state index contributed by atoms with van der Waals surface area (Å²) >= 11 is 7.89. The lowest BCUT2D eigenvalue weighted by molar-refractivity contribution is 0.563. The van der Waals surface area contributed by atoms with Gasteiger partial charge in [0, 0.05) is 21.8 Å². The molecule has 0 bridgehead atoms. The Morgan fingerprint density at radius 2 is 1.69 bits per heavy atom. The first-order valence-corrected chi connectivity index (χ1v) is 11.0. The molecule has 148 valence electrons. The molecule has 0 saturated heterocycles. The highest BCUT2D eigenvalue weighted by molar-refractivity contribution is 7.98. The average molecular weight is 422 g/mol. The van der Waals surface area contributed by atoms with Crippen molar-refractivity contribution in [1.29, 1.82) is 0 Å². The summed E-state index contributed by atoms with van der Waals surface area (Å²) in [5, 5.41) is 6.68. The van der Waals surface area contributed by atoms with Gasteiger partial charge in [0.05, 0.1) is 11.4 Å². The molecule has 0 N–H and O–H groups in total. The van der Waals surface area contributed by atoms with Crippen LogP contribution < -0.4 is 0 Å². The van der Waals surface area contributed by atoms with Crippen LogP contribution >= 0.6 is 23.4 Å². The van der Waals surface area contributed by atoms with E-state index in [1.54, 1.807) is 11.8 Å². The second kappa shape index (κ2) is 7.85. The fourth-order valence-electron chi connectivity index (χ4n) is 3.27. The predicted octanol–water partition coefficient (Wildman–Crippen LogP) is 6.95. The van der Waals surface area contributed by atoms with Gasteiger partial charge in [0.25, 0.3) is 0 Å². The van der Waals surface area contributed by atoms with Crippen molar-refractivity contribution in [1.82, 2.24) is 14.6 Å². The first-order chi connectivity index (χ1) is 13.8. The van der Waals surface area contributed by atoms with Crippen LogP contribution in [0, 0.1) is 6.92 Å². The minimum atomic E-state index is -0.0563. The van der Waals surface area contributed by atoms with Crippen molar-refractivity contribution in [3.63, 3.8) is 0 Å². The zero-order chi connectivity index (χ0) is 20.6. The van der Waals surface area contributed by atoms with Gasteiger partial charge in [-0.05, 0) is 36.2 Å². The van der Waals surface area contributed by atoms with Gasteiger partial charge >= 0.3 is 0 Å². The van der Waals surface area contributed by atoms with Gasteiger partial charge in [-0.3, -0.25) is 0 Å². The minimum absolute atomic E-state index is 0.0563. The van der Waals surface area contributed by atoms with Gasteiger partial charge in [-0.15, -0.1) is 11.8 Å². The molecule has 4 aromatic rings. The summed E-state index contributed by atoms with van der Waals surface area (Å²) in [6, 6.07) is 20.6. The Bertz CT molecular complexity index is 1140. The molecule has 3 nitrogen and oxygen atoms in total. The molecule has 29 heavy (non-hydrogen) atoms. The Labute approximate surface area is 181 Å². The second-order valence-electron chi connectivity index (χ2n) is 8.21. The molecule has 0 saturated carbocycles. The van der Waals surface area contributed by atoms with Gasteiger partial charge in [0.1, 0.15) is 5.03 Å². The van der Waals surface area contributed by atoms with E-state index in [1.807, 2.05) is 41.8 Å². The quantitative estimate of drug-likeness (QED) is 0.264. The Morgan fingerprint density at radius 1 is 1.00 bits per heavy atom. The maximum Gasteiger partial charge on any atom is 0.164 e. The van der Waals surface area contributed by atoms with Crippen LogP contribution in [0.1, 0.15) is 37.7 Å². The molecule has 5 heteroatoms. The van der Waals surface area contributed by atoms with E-state index < -0.39 is 0 Å². The van der Waals surface area contributed by atoms with Gasteiger partial charge in [0.15, 0.2) is 5.65 Å². The van der Waals surface area contributed by atoms with Crippen LogP contribution in [0.5, 0.6) is 0 Å². The van der Waals surface area contributed by atoms with Crippen LogP contribution in [0.15, 0.2) is 65.7 Å². The number of hydrogen-bond donors (Lipinski definition) is 0. The molecule has 0 radical (unpaired) electrons. The average Bonchev–Trinajstić information content (AvgIpc) is 3.03. The summed E-state index contributed by atoms with van der Waals surface area (Å²) in [5.74, 6) is 0.888. The topological polar surface area (TPSA) is 30.2 Å². The van der Waals surface area contributed by atoms with E-state index in [1.165, 1.54) is 5.56 Å². The smallest absolute Gasteiger partial charge is 0.164 e.